The zero-order chi connectivity index (χ0) is 30.4. The van der Waals surface area contributed by atoms with E-state index < -0.39 is 29.8 Å². The van der Waals surface area contributed by atoms with Crippen LogP contribution in [0.3, 0.4) is 0 Å². The fourth-order valence-corrected chi connectivity index (χ4v) is 4.81. The number of hydrogen-bond acceptors (Lipinski definition) is 8. The average molecular weight is 573 g/mol. The predicted octanol–water partition coefficient (Wildman–Crippen LogP) is 3.70. The second-order valence-electron chi connectivity index (χ2n) is 9.85. The van der Waals surface area contributed by atoms with Gasteiger partial charge in [0.15, 0.2) is 5.82 Å². The first-order chi connectivity index (χ1) is 20.1. The number of anilines is 1. The number of nitrogens with one attached hydrogen (secondary N) is 3. The molecular formula is C30H29FN6O5. The lowest BCUT2D eigenvalue weighted by atomic mass is 10.0. The summed E-state index contributed by atoms with van der Waals surface area (Å²) in [6, 6.07) is 9.89. The first kappa shape index (κ1) is 29.8. The van der Waals surface area contributed by atoms with Crippen molar-refractivity contribution in [2.45, 2.75) is 38.4 Å². The standard InChI is InChI=1S/C30H29FN6O5/c1-17(22-6-4-19(11-26(22)42-3)21-10-18(12-32)13-33-14-21)34-30(41)35-24-7-5-20(16-38)23(28(24)31)15-37(2)25-8-9-27(39)36-29(25)40/h4-7,10-11,13-14,16-17,25H,8-9,15H2,1-3H3,(H2,34,35,41)(H,36,39,40). The molecule has 2 heterocycles. The van der Waals surface area contributed by atoms with E-state index in [-0.39, 0.29) is 42.1 Å². The highest BCUT2D eigenvalue weighted by Gasteiger charge is 2.31. The molecule has 0 radical (unpaired) electrons. The molecule has 1 aliphatic rings. The van der Waals surface area contributed by atoms with Crippen molar-refractivity contribution in [2.75, 3.05) is 19.5 Å². The molecule has 1 aliphatic heterocycles. The van der Waals surface area contributed by atoms with Gasteiger partial charge < -0.3 is 15.4 Å². The van der Waals surface area contributed by atoms with Crippen LogP contribution in [0.4, 0.5) is 14.9 Å². The maximum atomic E-state index is 15.6. The molecular weight excluding hydrogens is 543 g/mol. The first-order valence-electron chi connectivity index (χ1n) is 13.1. The number of hydrogen-bond donors (Lipinski definition) is 3. The normalized spacial score (nSPS) is 15.4. The van der Waals surface area contributed by atoms with Gasteiger partial charge in [-0.3, -0.25) is 29.6 Å². The number of pyridine rings is 1. The molecule has 2 unspecified atom stereocenters. The number of likely N-dealkylation sites (N-methyl/N-ethyl adjacent to an activating group) is 1. The Balaban J connectivity index is 1.48. The molecule has 216 valence electrons. The Labute approximate surface area is 241 Å². The van der Waals surface area contributed by atoms with Crippen molar-refractivity contribution in [1.82, 2.24) is 20.5 Å². The minimum absolute atomic E-state index is 0.00950. The Morgan fingerprint density at radius 3 is 2.74 bits per heavy atom. The molecule has 11 nitrogen and oxygen atoms in total. The van der Waals surface area contributed by atoms with Gasteiger partial charge in [-0.2, -0.15) is 5.26 Å². The van der Waals surface area contributed by atoms with E-state index in [9.17, 15) is 19.2 Å². The Bertz CT molecular complexity index is 1590. The number of aldehydes is 1. The lowest BCUT2D eigenvalue weighted by Crippen LogP contribution is -2.51. The summed E-state index contributed by atoms with van der Waals surface area (Å²) in [6.07, 6.45) is 4.03. The fourth-order valence-electron chi connectivity index (χ4n) is 4.81. The van der Waals surface area contributed by atoms with Gasteiger partial charge in [0.05, 0.1) is 30.4 Å². The number of rotatable bonds is 9. The van der Waals surface area contributed by atoms with Crippen molar-refractivity contribution in [3.63, 3.8) is 0 Å². The van der Waals surface area contributed by atoms with E-state index in [0.717, 1.165) is 11.1 Å². The molecule has 1 aromatic heterocycles. The molecule has 0 spiro atoms. The molecule has 3 aromatic rings. The molecule has 42 heavy (non-hydrogen) atoms. The van der Waals surface area contributed by atoms with Crippen LogP contribution in [0.1, 0.15) is 52.9 Å². The van der Waals surface area contributed by atoms with Crippen LogP contribution in [0.25, 0.3) is 11.1 Å². The molecule has 4 amide bonds. The summed E-state index contributed by atoms with van der Waals surface area (Å²) in [5.74, 6) is -1.17. The van der Waals surface area contributed by atoms with E-state index in [1.54, 1.807) is 43.3 Å². The van der Waals surface area contributed by atoms with Crippen LogP contribution in [-0.2, 0) is 16.1 Å². The van der Waals surface area contributed by atoms with Gasteiger partial charge in [0.1, 0.15) is 18.1 Å². The molecule has 0 saturated carbocycles. The van der Waals surface area contributed by atoms with Crippen LogP contribution >= 0.6 is 0 Å². The average Bonchev–Trinajstić information content (AvgIpc) is 2.98. The van der Waals surface area contributed by atoms with Crippen molar-refractivity contribution < 1.29 is 28.3 Å². The van der Waals surface area contributed by atoms with E-state index in [1.165, 1.54) is 25.4 Å². The molecule has 12 heteroatoms. The lowest BCUT2D eigenvalue weighted by Gasteiger charge is -2.30. The molecule has 4 rings (SSSR count). The number of carbonyl (C=O) groups is 4. The van der Waals surface area contributed by atoms with E-state index >= 15 is 4.39 Å². The molecule has 2 aromatic carbocycles. The summed E-state index contributed by atoms with van der Waals surface area (Å²) >= 11 is 0. The van der Waals surface area contributed by atoms with Crippen LogP contribution in [0.15, 0.2) is 48.8 Å². The van der Waals surface area contributed by atoms with Crippen LogP contribution in [0, 0.1) is 17.1 Å². The molecule has 1 saturated heterocycles. The Morgan fingerprint density at radius 2 is 2.05 bits per heavy atom. The number of amides is 4. The van der Waals surface area contributed by atoms with E-state index in [4.69, 9.17) is 10.00 Å². The highest BCUT2D eigenvalue weighted by Crippen LogP contribution is 2.31. The van der Waals surface area contributed by atoms with Crippen LogP contribution < -0.4 is 20.7 Å². The van der Waals surface area contributed by atoms with Crippen LogP contribution in [0.5, 0.6) is 5.75 Å². The van der Waals surface area contributed by atoms with E-state index in [0.29, 0.717) is 23.2 Å². The Morgan fingerprint density at radius 1 is 1.26 bits per heavy atom. The third kappa shape index (κ3) is 6.59. The van der Waals surface area contributed by atoms with E-state index in [2.05, 4.69) is 27.0 Å². The lowest BCUT2D eigenvalue weighted by molar-refractivity contribution is -0.137. The number of urea groups is 1. The Hall–Kier alpha value is -5.15. The van der Waals surface area contributed by atoms with Gasteiger partial charge in [-0.05, 0) is 50.2 Å². The second kappa shape index (κ2) is 13.0. The third-order valence-electron chi connectivity index (χ3n) is 7.05. The first-order valence-corrected chi connectivity index (χ1v) is 13.1. The SMILES string of the molecule is COc1cc(-c2cncc(C#N)c2)ccc1C(C)NC(=O)Nc1ccc(C=O)c(CN(C)C2CCC(=O)NC2=O)c1F. The van der Waals surface area contributed by atoms with Crippen molar-refractivity contribution in [1.29, 1.82) is 5.26 Å². The fraction of sp³-hybridized carbons (Fsp3) is 0.267. The number of carbonyl (C=O) groups excluding carboxylic acids is 4. The zero-order valence-corrected chi connectivity index (χ0v) is 23.2. The summed E-state index contributed by atoms with van der Waals surface area (Å²) in [5.41, 5.74) is 2.51. The monoisotopic (exact) mass is 572 g/mol. The van der Waals surface area contributed by atoms with Gasteiger partial charge in [-0.25, -0.2) is 9.18 Å². The minimum atomic E-state index is -0.809. The van der Waals surface area contributed by atoms with Crippen molar-refractivity contribution in [2.24, 2.45) is 0 Å². The smallest absolute Gasteiger partial charge is 0.319 e. The van der Waals surface area contributed by atoms with Gasteiger partial charge in [0.25, 0.3) is 0 Å². The number of aromatic nitrogens is 1. The van der Waals surface area contributed by atoms with E-state index in [1.807, 2.05) is 6.07 Å². The number of ether oxygens (including phenoxy) is 1. The maximum absolute atomic E-state index is 15.6. The van der Waals surface area contributed by atoms with Crippen molar-refractivity contribution >= 4 is 29.8 Å². The second-order valence-corrected chi connectivity index (χ2v) is 9.85. The molecule has 0 aliphatic carbocycles. The zero-order valence-electron chi connectivity index (χ0n) is 23.2. The number of nitrogens with zero attached hydrogens (tertiary/aromatic N) is 3. The number of piperidine rings is 1. The number of methoxy groups -OCH3 is 1. The highest BCUT2D eigenvalue weighted by atomic mass is 19.1. The Kier molecular flexibility index (Phi) is 9.24. The summed E-state index contributed by atoms with van der Waals surface area (Å²) in [5, 5.41) is 16.7. The number of halogens is 1. The summed E-state index contributed by atoms with van der Waals surface area (Å²) in [7, 11) is 3.09. The third-order valence-corrected chi connectivity index (χ3v) is 7.05. The highest BCUT2D eigenvalue weighted by molar-refractivity contribution is 6.00. The van der Waals surface area contributed by atoms with Gasteiger partial charge >= 0.3 is 6.03 Å². The maximum Gasteiger partial charge on any atom is 0.319 e. The summed E-state index contributed by atoms with van der Waals surface area (Å²) < 4.78 is 21.1. The van der Waals surface area contributed by atoms with Gasteiger partial charge in [-0.1, -0.05) is 12.1 Å². The number of nitriles is 1. The van der Waals surface area contributed by atoms with Crippen molar-refractivity contribution in [3.05, 3.63) is 76.9 Å². The predicted molar refractivity (Wildman–Crippen MR) is 151 cm³/mol. The molecule has 2 atom stereocenters. The number of benzene rings is 2. The van der Waals surface area contributed by atoms with Crippen LogP contribution in [0.2, 0.25) is 0 Å². The molecule has 1 fully saturated rings. The van der Waals surface area contributed by atoms with Gasteiger partial charge in [0.2, 0.25) is 11.8 Å². The van der Waals surface area contributed by atoms with Crippen LogP contribution in [-0.4, -0.2) is 54.2 Å². The quantitative estimate of drug-likeness (QED) is 0.259. The molecule has 3 N–H and O–H groups in total. The number of imide groups is 1. The molecule has 0 bridgehead atoms. The topological polar surface area (TPSA) is 154 Å². The van der Waals surface area contributed by atoms with Crippen molar-refractivity contribution in [3.8, 4) is 22.9 Å². The minimum Gasteiger partial charge on any atom is -0.496 e. The summed E-state index contributed by atoms with van der Waals surface area (Å²) in [4.78, 5) is 53.9. The van der Waals surface area contributed by atoms with Gasteiger partial charge in [0, 0.05) is 47.6 Å². The van der Waals surface area contributed by atoms with Gasteiger partial charge in [-0.15, -0.1) is 0 Å². The largest absolute Gasteiger partial charge is 0.496 e. The summed E-state index contributed by atoms with van der Waals surface area (Å²) in [6.45, 7) is 1.64.